The molecule has 4 nitrogen and oxygen atoms in total. The third-order valence-corrected chi connectivity index (χ3v) is 3.83. The number of nitrogens with two attached hydrogens (primary N) is 1. The zero-order valence-electron chi connectivity index (χ0n) is 10.0. The van der Waals surface area contributed by atoms with Gasteiger partial charge < -0.3 is 10.6 Å². The number of likely N-dealkylation sites (tertiary alicyclic amines) is 2. The van der Waals surface area contributed by atoms with Crippen LogP contribution in [-0.4, -0.2) is 54.5 Å². The van der Waals surface area contributed by atoms with Gasteiger partial charge in [0.2, 0.25) is 5.91 Å². The molecule has 1 atom stereocenters. The number of carbonyl (C=O) groups excluding carboxylic acids is 1. The Hall–Kier alpha value is -0.610. The summed E-state index contributed by atoms with van der Waals surface area (Å²) in [5.41, 5.74) is 5.42. The lowest BCUT2D eigenvalue weighted by Gasteiger charge is -2.40. The quantitative estimate of drug-likeness (QED) is 0.741. The zero-order valence-corrected chi connectivity index (χ0v) is 10.0. The first-order chi connectivity index (χ1) is 7.81. The van der Waals surface area contributed by atoms with Crippen molar-refractivity contribution in [3.63, 3.8) is 0 Å². The van der Waals surface area contributed by atoms with Crippen molar-refractivity contribution >= 4 is 5.91 Å². The second-order valence-corrected chi connectivity index (χ2v) is 4.94. The topological polar surface area (TPSA) is 49.6 Å². The van der Waals surface area contributed by atoms with Crippen LogP contribution in [0.4, 0.5) is 0 Å². The van der Waals surface area contributed by atoms with E-state index in [1.165, 1.54) is 38.8 Å². The van der Waals surface area contributed by atoms with Gasteiger partial charge in [0.05, 0.1) is 6.54 Å². The molecule has 0 aliphatic carbocycles. The predicted molar refractivity (Wildman–Crippen MR) is 64.1 cm³/mol. The highest BCUT2D eigenvalue weighted by Crippen LogP contribution is 2.20. The Labute approximate surface area is 97.8 Å². The van der Waals surface area contributed by atoms with Crippen molar-refractivity contribution in [3.8, 4) is 0 Å². The molecule has 2 heterocycles. The van der Waals surface area contributed by atoms with Crippen molar-refractivity contribution in [1.29, 1.82) is 0 Å². The third kappa shape index (κ3) is 2.74. The minimum absolute atomic E-state index is 0.113. The summed E-state index contributed by atoms with van der Waals surface area (Å²) >= 11 is 0. The Kier molecular flexibility index (Phi) is 4.18. The van der Waals surface area contributed by atoms with Crippen LogP contribution in [0.15, 0.2) is 0 Å². The van der Waals surface area contributed by atoms with E-state index < -0.39 is 0 Å². The standard InChI is InChI=1S/C12H23N3O/c13-9-12(16)15-8-4-5-11(10-15)14-6-2-1-3-7-14/h11H,1-10,13H2. The highest BCUT2D eigenvalue weighted by Gasteiger charge is 2.27. The van der Waals surface area contributed by atoms with Gasteiger partial charge in [-0.25, -0.2) is 0 Å². The van der Waals surface area contributed by atoms with Crippen LogP contribution < -0.4 is 5.73 Å². The molecule has 4 heteroatoms. The summed E-state index contributed by atoms with van der Waals surface area (Å²) < 4.78 is 0. The fourth-order valence-electron chi connectivity index (χ4n) is 2.89. The third-order valence-electron chi connectivity index (χ3n) is 3.83. The van der Waals surface area contributed by atoms with Gasteiger partial charge in [0.15, 0.2) is 0 Å². The van der Waals surface area contributed by atoms with Crippen LogP contribution in [0, 0.1) is 0 Å². The van der Waals surface area contributed by atoms with E-state index in [0.29, 0.717) is 6.04 Å². The first-order valence-electron chi connectivity index (χ1n) is 6.53. The van der Waals surface area contributed by atoms with Crippen molar-refractivity contribution in [2.75, 3.05) is 32.7 Å². The van der Waals surface area contributed by atoms with Gasteiger partial charge in [0.25, 0.3) is 0 Å². The van der Waals surface area contributed by atoms with Gasteiger partial charge in [-0.05, 0) is 38.8 Å². The highest BCUT2D eigenvalue weighted by atomic mass is 16.2. The molecule has 16 heavy (non-hydrogen) atoms. The SMILES string of the molecule is NCC(=O)N1CCCC(N2CCCCC2)C1. The van der Waals surface area contributed by atoms with E-state index in [4.69, 9.17) is 5.73 Å². The monoisotopic (exact) mass is 225 g/mol. The van der Waals surface area contributed by atoms with Crippen molar-refractivity contribution in [2.24, 2.45) is 5.73 Å². The predicted octanol–water partition coefficient (Wildman–Crippen LogP) is 0.422. The Bertz CT molecular complexity index is 238. The largest absolute Gasteiger partial charge is 0.340 e. The molecule has 1 amide bonds. The Balaban J connectivity index is 1.87. The maximum atomic E-state index is 11.6. The Morgan fingerprint density at radius 2 is 1.88 bits per heavy atom. The summed E-state index contributed by atoms with van der Waals surface area (Å²) in [5, 5.41) is 0. The smallest absolute Gasteiger partial charge is 0.236 e. The normalized spacial score (nSPS) is 28.1. The lowest BCUT2D eigenvalue weighted by molar-refractivity contribution is -0.131. The molecule has 0 bridgehead atoms. The van der Waals surface area contributed by atoms with E-state index in [1.54, 1.807) is 0 Å². The van der Waals surface area contributed by atoms with Crippen LogP contribution in [0.3, 0.4) is 0 Å². The number of amides is 1. The summed E-state index contributed by atoms with van der Waals surface area (Å²) in [6, 6.07) is 0.588. The second kappa shape index (κ2) is 5.64. The summed E-state index contributed by atoms with van der Waals surface area (Å²) in [6.45, 7) is 4.40. The van der Waals surface area contributed by atoms with Gasteiger partial charge >= 0.3 is 0 Å². The molecule has 2 aliphatic rings. The van der Waals surface area contributed by atoms with Crippen molar-refractivity contribution in [3.05, 3.63) is 0 Å². The van der Waals surface area contributed by atoms with E-state index in [1.807, 2.05) is 4.90 Å². The number of rotatable bonds is 2. The second-order valence-electron chi connectivity index (χ2n) is 4.94. The maximum absolute atomic E-state index is 11.6. The minimum atomic E-state index is 0.113. The van der Waals surface area contributed by atoms with Gasteiger partial charge in [-0.3, -0.25) is 9.69 Å². The number of carbonyl (C=O) groups is 1. The molecule has 0 aromatic carbocycles. The molecule has 2 rings (SSSR count). The van der Waals surface area contributed by atoms with Gasteiger partial charge in [-0.2, -0.15) is 0 Å². The van der Waals surface area contributed by atoms with Gasteiger partial charge in [-0.15, -0.1) is 0 Å². The fraction of sp³-hybridized carbons (Fsp3) is 0.917. The first kappa shape index (κ1) is 11.9. The molecular formula is C12H23N3O. The van der Waals surface area contributed by atoms with Gasteiger partial charge in [0, 0.05) is 19.1 Å². The Morgan fingerprint density at radius 1 is 1.12 bits per heavy atom. The summed E-state index contributed by atoms with van der Waals surface area (Å²) in [7, 11) is 0. The Morgan fingerprint density at radius 3 is 2.56 bits per heavy atom. The fourth-order valence-corrected chi connectivity index (χ4v) is 2.89. The molecule has 2 fully saturated rings. The molecule has 0 spiro atoms. The van der Waals surface area contributed by atoms with E-state index in [-0.39, 0.29) is 12.5 Å². The van der Waals surface area contributed by atoms with Crippen LogP contribution in [0.5, 0.6) is 0 Å². The average Bonchev–Trinajstić information content (AvgIpc) is 2.39. The van der Waals surface area contributed by atoms with E-state index in [0.717, 1.165) is 19.5 Å². The molecule has 1 unspecified atom stereocenters. The van der Waals surface area contributed by atoms with E-state index in [2.05, 4.69) is 4.90 Å². The molecule has 0 saturated carbocycles. The number of hydrogen-bond donors (Lipinski definition) is 1. The average molecular weight is 225 g/mol. The van der Waals surface area contributed by atoms with Crippen LogP contribution in [0.1, 0.15) is 32.1 Å². The molecule has 2 N–H and O–H groups in total. The van der Waals surface area contributed by atoms with Crippen molar-refractivity contribution in [2.45, 2.75) is 38.1 Å². The lowest BCUT2D eigenvalue weighted by atomic mass is 10.0. The summed E-state index contributed by atoms with van der Waals surface area (Å²) in [5.74, 6) is 0.113. The summed E-state index contributed by atoms with van der Waals surface area (Å²) in [4.78, 5) is 16.1. The van der Waals surface area contributed by atoms with Crippen molar-refractivity contribution in [1.82, 2.24) is 9.80 Å². The maximum Gasteiger partial charge on any atom is 0.236 e. The van der Waals surface area contributed by atoms with Gasteiger partial charge in [0.1, 0.15) is 0 Å². The van der Waals surface area contributed by atoms with Crippen LogP contribution in [0.25, 0.3) is 0 Å². The van der Waals surface area contributed by atoms with Gasteiger partial charge in [-0.1, -0.05) is 6.42 Å². The van der Waals surface area contributed by atoms with E-state index >= 15 is 0 Å². The molecule has 0 radical (unpaired) electrons. The number of piperidine rings is 2. The van der Waals surface area contributed by atoms with Crippen LogP contribution in [0.2, 0.25) is 0 Å². The number of hydrogen-bond acceptors (Lipinski definition) is 3. The van der Waals surface area contributed by atoms with Crippen LogP contribution >= 0.6 is 0 Å². The zero-order chi connectivity index (χ0) is 11.4. The summed E-state index contributed by atoms with van der Waals surface area (Å²) in [6.07, 6.45) is 6.39. The molecule has 0 aromatic heterocycles. The molecule has 0 aromatic rings. The van der Waals surface area contributed by atoms with E-state index in [9.17, 15) is 4.79 Å². The molecular weight excluding hydrogens is 202 g/mol. The minimum Gasteiger partial charge on any atom is -0.340 e. The highest BCUT2D eigenvalue weighted by molar-refractivity contribution is 5.78. The molecule has 2 saturated heterocycles. The van der Waals surface area contributed by atoms with Crippen molar-refractivity contribution < 1.29 is 4.79 Å². The molecule has 92 valence electrons. The lowest BCUT2D eigenvalue weighted by Crippen LogP contribution is -2.52. The molecule has 2 aliphatic heterocycles. The number of nitrogens with zero attached hydrogens (tertiary/aromatic N) is 2. The first-order valence-corrected chi connectivity index (χ1v) is 6.53. The van der Waals surface area contributed by atoms with Crippen LogP contribution in [-0.2, 0) is 4.79 Å².